The Hall–Kier alpha value is -1.94. The van der Waals surface area contributed by atoms with Gasteiger partial charge in [0.2, 0.25) is 6.08 Å². The summed E-state index contributed by atoms with van der Waals surface area (Å²) >= 11 is 0. The van der Waals surface area contributed by atoms with Crippen molar-refractivity contribution in [3.05, 3.63) is 23.8 Å². The third kappa shape index (κ3) is 1.86. The molecule has 0 saturated heterocycles. The van der Waals surface area contributed by atoms with Gasteiger partial charge in [-0.2, -0.15) is 8.78 Å². The van der Waals surface area contributed by atoms with Crippen LogP contribution in [0.3, 0.4) is 0 Å². The molecule has 0 amide bonds. The SMILES string of the molecule is O=C=NC(F)(F)c1ccc(O)c(O)c1. The first-order chi connectivity index (χ1) is 6.47. The van der Waals surface area contributed by atoms with E-state index in [9.17, 15) is 13.6 Å². The van der Waals surface area contributed by atoms with Crippen molar-refractivity contribution >= 4 is 6.08 Å². The summed E-state index contributed by atoms with van der Waals surface area (Å²) in [5.74, 6) is -1.23. The standard InChI is InChI=1S/C8H5F2NO3/c9-8(10,11-4-12)5-1-2-6(13)7(14)3-5/h1-3,13-14H. The van der Waals surface area contributed by atoms with Crippen molar-refractivity contribution in [3.8, 4) is 11.5 Å². The van der Waals surface area contributed by atoms with Crippen molar-refractivity contribution in [2.24, 2.45) is 4.99 Å². The number of hydrogen-bond donors (Lipinski definition) is 2. The zero-order chi connectivity index (χ0) is 10.8. The lowest BCUT2D eigenvalue weighted by molar-refractivity contribution is 0.00592. The summed E-state index contributed by atoms with van der Waals surface area (Å²) in [6.07, 6.45) is 0.721. The van der Waals surface area contributed by atoms with Gasteiger partial charge in [0.05, 0.1) is 0 Å². The van der Waals surface area contributed by atoms with E-state index in [1.807, 2.05) is 0 Å². The van der Waals surface area contributed by atoms with Crippen LogP contribution in [0.15, 0.2) is 23.2 Å². The maximum Gasteiger partial charge on any atom is 0.379 e. The van der Waals surface area contributed by atoms with Gasteiger partial charge in [0, 0.05) is 5.56 Å². The van der Waals surface area contributed by atoms with Crippen LogP contribution in [-0.4, -0.2) is 16.3 Å². The molecule has 0 radical (unpaired) electrons. The van der Waals surface area contributed by atoms with Crippen LogP contribution < -0.4 is 0 Å². The molecule has 0 spiro atoms. The maximum atomic E-state index is 12.8. The number of benzene rings is 1. The van der Waals surface area contributed by atoms with Crippen molar-refractivity contribution in [2.75, 3.05) is 0 Å². The topological polar surface area (TPSA) is 69.9 Å². The van der Waals surface area contributed by atoms with Gasteiger partial charge in [0.25, 0.3) is 0 Å². The van der Waals surface area contributed by atoms with Gasteiger partial charge >= 0.3 is 6.05 Å². The molecular weight excluding hydrogens is 196 g/mol. The van der Waals surface area contributed by atoms with Crippen LogP contribution in [0.2, 0.25) is 0 Å². The first kappa shape index (κ1) is 10.1. The molecule has 6 heteroatoms. The largest absolute Gasteiger partial charge is 0.504 e. The number of alkyl halides is 2. The predicted octanol–water partition coefficient (Wildman–Crippen LogP) is 1.48. The minimum Gasteiger partial charge on any atom is -0.504 e. The summed E-state index contributed by atoms with van der Waals surface area (Å²) in [5.41, 5.74) is -0.698. The Bertz CT molecular complexity index is 400. The smallest absolute Gasteiger partial charge is 0.379 e. The average molecular weight is 201 g/mol. The second-order valence-electron chi connectivity index (χ2n) is 2.45. The van der Waals surface area contributed by atoms with Crippen molar-refractivity contribution in [1.82, 2.24) is 0 Å². The van der Waals surface area contributed by atoms with Gasteiger partial charge in [-0.15, -0.1) is 4.99 Å². The van der Waals surface area contributed by atoms with E-state index in [1.54, 1.807) is 0 Å². The monoisotopic (exact) mass is 201 g/mol. The number of isocyanates is 1. The fraction of sp³-hybridized carbons (Fsp3) is 0.125. The summed E-state index contributed by atoms with van der Waals surface area (Å²) in [5, 5.41) is 17.7. The molecule has 1 aromatic carbocycles. The van der Waals surface area contributed by atoms with Gasteiger partial charge in [-0.05, 0) is 18.2 Å². The number of hydrogen-bond acceptors (Lipinski definition) is 4. The second-order valence-corrected chi connectivity index (χ2v) is 2.45. The second kappa shape index (κ2) is 3.43. The molecule has 0 fully saturated rings. The number of aliphatic imine (C=N–C) groups is 1. The zero-order valence-corrected chi connectivity index (χ0v) is 6.74. The highest BCUT2D eigenvalue weighted by molar-refractivity contribution is 5.43. The fourth-order valence-corrected chi connectivity index (χ4v) is 0.832. The van der Waals surface area contributed by atoms with Crippen LogP contribution >= 0.6 is 0 Å². The molecule has 0 saturated carbocycles. The Morgan fingerprint density at radius 3 is 2.43 bits per heavy atom. The van der Waals surface area contributed by atoms with Gasteiger partial charge < -0.3 is 10.2 Å². The molecule has 0 aromatic heterocycles. The number of carbonyl (C=O) groups excluding carboxylic acids is 1. The maximum absolute atomic E-state index is 12.8. The van der Waals surface area contributed by atoms with Crippen LogP contribution in [0, 0.1) is 0 Å². The van der Waals surface area contributed by atoms with Gasteiger partial charge in [0.15, 0.2) is 11.5 Å². The highest BCUT2D eigenvalue weighted by atomic mass is 19.3. The number of halogens is 2. The zero-order valence-electron chi connectivity index (χ0n) is 6.74. The Labute approximate surface area is 77.1 Å². The summed E-state index contributed by atoms with van der Waals surface area (Å²) < 4.78 is 25.7. The van der Waals surface area contributed by atoms with E-state index in [4.69, 9.17) is 10.2 Å². The lowest BCUT2D eigenvalue weighted by Gasteiger charge is -2.09. The third-order valence-corrected chi connectivity index (χ3v) is 1.51. The van der Waals surface area contributed by atoms with Crippen molar-refractivity contribution in [1.29, 1.82) is 0 Å². The Morgan fingerprint density at radius 2 is 1.93 bits per heavy atom. The number of phenolic OH excluding ortho intramolecular Hbond substituents is 2. The van der Waals surface area contributed by atoms with E-state index in [2.05, 4.69) is 4.99 Å². The molecule has 14 heavy (non-hydrogen) atoms. The number of nitrogens with zero attached hydrogens (tertiary/aromatic N) is 1. The van der Waals surface area contributed by atoms with Crippen LogP contribution in [0.25, 0.3) is 0 Å². The molecule has 0 heterocycles. The van der Waals surface area contributed by atoms with Crippen LogP contribution in [0.5, 0.6) is 11.5 Å². The van der Waals surface area contributed by atoms with E-state index < -0.39 is 23.1 Å². The van der Waals surface area contributed by atoms with Gasteiger partial charge in [0.1, 0.15) is 0 Å². The molecule has 74 valence electrons. The summed E-state index contributed by atoms with van der Waals surface area (Å²) in [7, 11) is 0. The number of aromatic hydroxyl groups is 2. The lowest BCUT2D eigenvalue weighted by Crippen LogP contribution is -2.08. The molecule has 0 aliphatic heterocycles. The predicted molar refractivity (Wildman–Crippen MR) is 41.8 cm³/mol. The first-order valence-electron chi connectivity index (χ1n) is 3.46. The molecule has 4 nitrogen and oxygen atoms in total. The van der Waals surface area contributed by atoms with Crippen molar-refractivity contribution < 1.29 is 23.8 Å². The first-order valence-corrected chi connectivity index (χ1v) is 3.46. The van der Waals surface area contributed by atoms with E-state index in [0.717, 1.165) is 18.2 Å². The Morgan fingerprint density at radius 1 is 1.29 bits per heavy atom. The molecule has 1 rings (SSSR count). The van der Waals surface area contributed by atoms with E-state index in [1.165, 1.54) is 0 Å². The average Bonchev–Trinajstić information content (AvgIpc) is 2.09. The van der Waals surface area contributed by atoms with E-state index >= 15 is 0 Å². The molecule has 0 aliphatic rings. The summed E-state index contributed by atoms with van der Waals surface area (Å²) in [4.78, 5) is 11.9. The molecule has 2 N–H and O–H groups in total. The molecule has 0 unspecified atom stereocenters. The minimum absolute atomic E-state index is 0.528. The van der Waals surface area contributed by atoms with Crippen molar-refractivity contribution in [2.45, 2.75) is 6.05 Å². The van der Waals surface area contributed by atoms with E-state index in [0.29, 0.717) is 6.07 Å². The quantitative estimate of drug-likeness (QED) is 0.329. The third-order valence-electron chi connectivity index (χ3n) is 1.51. The molecular formula is C8H5F2NO3. The van der Waals surface area contributed by atoms with Crippen molar-refractivity contribution in [3.63, 3.8) is 0 Å². The van der Waals surface area contributed by atoms with Crippen LogP contribution in [-0.2, 0) is 10.8 Å². The number of rotatable bonds is 2. The number of phenols is 2. The molecule has 0 bridgehead atoms. The minimum atomic E-state index is -3.74. The summed E-state index contributed by atoms with van der Waals surface area (Å²) in [6, 6.07) is -1.40. The summed E-state index contributed by atoms with van der Waals surface area (Å²) in [6.45, 7) is 0. The highest BCUT2D eigenvalue weighted by Crippen LogP contribution is 2.34. The molecule has 0 atom stereocenters. The Balaban J connectivity index is 3.20. The van der Waals surface area contributed by atoms with E-state index in [-0.39, 0.29) is 0 Å². The van der Waals surface area contributed by atoms with Gasteiger partial charge in [-0.25, -0.2) is 4.79 Å². The van der Waals surface area contributed by atoms with Crippen LogP contribution in [0.1, 0.15) is 5.56 Å². The van der Waals surface area contributed by atoms with Gasteiger partial charge in [-0.1, -0.05) is 0 Å². The Kier molecular flexibility index (Phi) is 2.49. The lowest BCUT2D eigenvalue weighted by atomic mass is 10.1. The normalized spacial score (nSPS) is 10.7. The fourth-order valence-electron chi connectivity index (χ4n) is 0.832. The highest BCUT2D eigenvalue weighted by Gasteiger charge is 2.31. The molecule has 0 aliphatic carbocycles. The molecule has 1 aromatic rings. The van der Waals surface area contributed by atoms with Crippen LogP contribution in [0.4, 0.5) is 8.78 Å². The van der Waals surface area contributed by atoms with Gasteiger partial charge in [-0.3, -0.25) is 0 Å².